The third-order valence-electron chi connectivity index (χ3n) is 0.953. The van der Waals surface area contributed by atoms with Gasteiger partial charge in [0.2, 0.25) is 11.7 Å². The molecular weight excluding hydrogens is 211 g/mol. The van der Waals surface area contributed by atoms with E-state index in [1.165, 1.54) is 0 Å². The molecule has 0 atom stereocenters. The van der Waals surface area contributed by atoms with Crippen LogP contribution in [0, 0.1) is 0 Å². The Labute approximate surface area is 75.7 Å². The maximum absolute atomic E-state index is 12.3. The van der Waals surface area contributed by atoms with Gasteiger partial charge in [0.25, 0.3) is 0 Å². The van der Waals surface area contributed by atoms with Crippen molar-refractivity contribution in [3.8, 4) is 0 Å². The van der Waals surface area contributed by atoms with E-state index in [0.29, 0.717) is 0 Å². The minimum atomic E-state index is -5.53. The number of carbonyl (C=O) groups excluding carboxylic acids is 1. The van der Waals surface area contributed by atoms with Crippen molar-refractivity contribution < 1.29 is 31.5 Å². The number of halogens is 5. The first-order valence-electron chi connectivity index (χ1n) is 3.21. The maximum atomic E-state index is 12.3. The van der Waals surface area contributed by atoms with E-state index >= 15 is 0 Å². The molecule has 0 amide bonds. The maximum Gasteiger partial charge on any atom is 0.446 e. The van der Waals surface area contributed by atoms with Gasteiger partial charge in [-0.05, 0) is 0 Å². The van der Waals surface area contributed by atoms with E-state index in [9.17, 15) is 26.7 Å². The molecule has 0 spiro atoms. The summed E-state index contributed by atoms with van der Waals surface area (Å²) in [5.74, 6) is -7.72. The second-order valence-corrected chi connectivity index (χ2v) is 2.01. The van der Waals surface area contributed by atoms with E-state index in [4.69, 9.17) is 0 Å². The lowest BCUT2D eigenvalue weighted by atomic mass is 10.4. The zero-order chi connectivity index (χ0) is 11.4. The largest absolute Gasteiger partial charge is 0.456 e. The molecule has 0 heterocycles. The van der Waals surface area contributed by atoms with Crippen molar-refractivity contribution in [2.24, 2.45) is 0 Å². The second kappa shape index (κ2) is 4.73. The minimum Gasteiger partial charge on any atom is -0.456 e. The van der Waals surface area contributed by atoms with Crippen molar-refractivity contribution in [2.45, 2.75) is 6.18 Å². The van der Waals surface area contributed by atoms with Crippen molar-refractivity contribution in [1.29, 1.82) is 0 Å². The summed E-state index contributed by atoms with van der Waals surface area (Å²) < 4.78 is 62.6. The molecule has 0 aliphatic heterocycles. The highest BCUT2D eigenvalue weighted by Gasteiger charge is 2.40. The van der Waals surface area contributed by atoms with E-state index < -0.39 is 30.4 Å². The molecular formula is C7H5F5O2. The van der Waals surface area contributed by atoms with Gasteiger partial charge in [0, 0.05) is 0 Å². The predicted octanol–water partition coefficient (Wildman–Crippen LogP) is 2.43. The summed E-state index contributed by atoms with van der Waals surface area (Å²) in [7, 11) is 0. The molecule has 7 heteroatoms. The quantitative estimate of drug-likeness (QED) is 0.313. The molecule has 0 bridgehead atoms. The molecule has 14 heavy (non-hydrogen) atoms. The highest BCUT2D eigenvalue weighted by atomic mass is 19.4. The number of alkyl halides is 3. The summed E-state index contributed by atoms with van der Waals surface area (Å²) in [5, 5.41) is 0. The van der Waals surface area contributed by atoms with Crippen LogP contribution in [-0.2, 0) is 9.53 Å². The van der Waals surface area contributed by atoms with Gasteiger partial charge in [-0.15, -0.1) is 0 Å². The van der Waals surface area contributed by atoms with Crippen molar-refractivity contribution in [3.05, 3.63) is 24.3 Å². The van der Waals surface area contributed by atoms with Crippen LogP contribution < -0.4 is 0 Å². The standard InChI is InChI=1S/C7H5F5O2/c1-2-3-14-6(13)4(8)5(9)7(10,11)12/h2H,1,3H2/b5-4+. The Kier molecular flexibility index (Phi) is 4.26. The zero-order valence-corrected chi connectivity index (χ0v) is 6.70. The van der Waals surface area contributed by atoms with Gasteiger partial charge in [-0.1, -0.05) is 12.7 Å². The Bertz CT molecular complexity index is 266. The SMILES string of the molecule is C=CCOC(=O)/C(F)=C(\F)C(F)(F)F. The number of esters is 1. The predicted molar refractivity (Wildman–Crippen MR) is 36.5 cm³/mol. The molecule has 0 aromatic rings. The Hall–Kier alpha value is -1.40. The van der Waals surface area contributed by atoms with Gasteiger partial charge in [-0.25, -0.2) is 4.79 Å². The zero-order valence-electron chi connectivity index (χ0n) is 6.70. The average Bonchev–Trinajstić information content (AvgIpc) is 2.10. The highest BCUT2D eigenvalue weighted by Crippen LogP contribution is 2.30. The van der Waals surface area contributed by atoms with Gasteiger partial charge in [0.05, 0.1) is 0 Å². The molecule has 0 unspecified atom stereocenters. The first-order valence-corrected chi connectivity index (χ1v) is 3.21. The van der Waals surface area contributed by atoms with E-state index in [1.807, 2.05) is 0 Å². The summed E-state index contributed by atoms with van der Waals surface area (Å²) in [6.45, 7) is 2.55. The summed E-state index contributed by atoms with van der Waals surface area (Å²) in [5.41, 5.74) is 0. The van der Waals surface area contributed by atoms with Gasteiger partial charge in [-0.3, -0.25) is 0 Å². The van der Waals surface area contributed by atoms with Crippen LogP contribution in [-0.4, -0.2) is 18.8 Å². The molecule has 0 rings (SSSR count). The molecule has 2 nitrogen and oxygen atoms in total. The van der Waals surface area contributed by atoms with E-state index in [2.05, 4.69) is 11.3 Å². The van der Waals surface area contributed by atoms with Crippen LogP contribution in [0.5, 0.6) is 0 Å². The Morgan fingerprint density at radius 1 is 1.36 bits per heavy atom. The third-order valence-corrected chi connectivity index (χ3v) is 0.953. The Morgan fingerprint density at radius 2 is 1.86 bits per heavy atom. The van der Waals surface area contributed by atoms with Crippen LogP contribution >= 0.6 is 0 Å². The van der Waals surface area contributed by atoms with Crippen molar-refractivity contribution >= 4 is 5.97 Å². The van der Waals surface area contributed by atoms with Crippen LogP contribution in [0.25, 0.3) is 0 Å². The molecule has 0 saturated carbocycles. The molecule has 0 aromatic carbocycles. The first kappa shape index (κ1) is 12.6. The second-order valence-electron chi connectivity index (χ2n) is 2.01. The number of hydrogen-bond acceptors (Lipinski definition) is 2. The molecule has 0 saturated heterocycles. The smallest absolute Gasteiger partial charge is 0.446 e. The molecule has 0 aliphatic carbocycles. The number of carbonyl (C=O) groups is 1. The Morgan fingerprint density at radius 3 is 2.21 bits per heavy atom. The van der Waals surface area contributed by atoms with Gasteiger partial charge >= 0.3 is 12.1 Å². The molecule has 0 radical (unpaired) electrons. The van der Waals surface area contributed by atoms with Crippen molar-refractivity contribution in [1.82, 2.24) is 0 Å². The first-order chi connectivity index (χ1) is 6.30. The normalized spacial score (nSPS) is 13.2. The fourth-order valence-corrected chi connectivity index (χ4v) is 0.412. The van der Waals surface area contributed by atoms with E-state index in [0.717, 1.165) is 6.08 Å². The molecule has 0 aliphatic rings. The lowest BCUT2D eigenvalue weighted by Gasteiger charge is -2.04. The van der Waals surface area contributed by atoms with Crippen molar-refractivity contribution in [2.75, 3.05) is 6.61 Å². The number of hydrogen-bond donors (Lipinski definition) is 0. The van der Waals surface area contributed by atoms with Crippen LogP contribution in [0.15, 0.2) is 24.3 Å². The number of ether oxygens (including phenoxy) is 1. The summed E-state index contributed by atoms with van der Waals surface area (Å²) in [6.07, 6.45) is -4.53. The van der Waals surface area contributed by atoms with Gasteiger partial charge in [-0.2, -0.15) is 22.0 Å². The monoisotopic (exact) mass is 216 g/mol. The van der Waals surface area contributed by atoms with Crippen LogP contribution in [0.2, 0.25) is 0 Å². The van der Waals surface area contributed by atoms with Gasteiger partial charge in [0.15, 0.2) is 0 Å². The molecule has 0 fully saturated rings. The Balaban J connectivity index is 4.65. The number of allylic oxidation sites excluding steroid dienone is 1. The van der Waals surface area contributed by atoms with Crippen LogP contribution in [0.4, 0.5) is 22.0 Å². The summed E-state index contributed by atoms with van der Waals surface area (Å²) >= 11 is 0. The topological polar surface area (TPSA) is 26.3 Å². The third kappa shape index (κ3) is 3.55. The lowest BCUT2D eigenvalue weighted by Crippen LogP contribution is -2.15. The fraction of sp³-hybridized carbons (Fsp3) is 0.286. The summed E-state index contributed by atoms with van der Waals surface area (Å²) in [6, 6.07) is 0. The minimum absolute atomic E-state index is 0.503. The highest BCUT2D eigenvalue weighted by molar-refractivity contribution is 5.86. The number of rotatable bonds is 3. The summed E-state index contributed by atoms with van der Waals surface area (Å²) in [4.78, 5) is 10.3. The average molecular weight is 216 g/mol. The molecule has 0 N–H and O–H groups in total. The van der Waals surface area contributed by atoms with E-state index in [1.54, 1.807) is 0 Å². The van der Waals surface area contributed by atoms with Crippen LogP contribution in [0.3, 0.4) is 0 Å². The molecule has 0 aromatic heterocycles. The lowest BCUT2D eigenvalue weighted by molar-refractivity contribution is -0.142. The van der Waals surface area contributed by atoms with Crippen LogP contribution in [0.1, 0.15) is 0 Å². The van der Waals surface area contributed by atoms with Crippen molar-refractivity contribution in [3.63, 3.8) is 0 Å². The molecule has 80 valence electrons. The van der Waals surface area contributed by atoms with Gasteiger partial charge in [0.1, 0.15) is 6.61 Å². The van der Waals surface area contributed by atoms with Gasteiger partial charge < -0.3 is 4.74 Å². The van der Waals surface area contributed by atoms with E-state index in [-0.39, 0.29) is 0 Å². The fourth-order valence-electron chi connectivity index (χ4n) is 0.412.